The molecular weight excluding hydrogens is 398 g/mol. The Kier molecular flexibility index (Phi) is 7.63. The molecule has 1 aromatic heterocycles. The Morgan fingerprint density at radius 3 is 2.67 bits per heavy atom. The highest BCUT2D eigenvalue weighted by Gasteiger charge is 2.39. The van der Waals surface area contributed by atoms with Gasteiger partial charge in [0.25, 0.3) is 10.0 Å². The Morgan fingerprint density at radius 2 is 2.12 bits per heavy atom. The molecule has 0 bridgehead atoms. The van der Waals surface area contributed by atoms with Gasteiger partial charge in [-0.25, -0.2) is 22.0 Å². The first-order chi connectivity index (χ1) is 10.7. The van der Waals surface area contributed by atoms with Crippen molar-refractivity contribution >= 4 is 43.8 Å². The van der Waals surface area contributed by atoms with Gasteiger partial charge in [0.15, 0.2) is 0 Å². The first-order valence-electron chi connectivity index (χ1n) is 7.22. The number of primary sulfonamides is 1. The number of likely N-dealkylation sites (N-methyl/N-ethyl adjacent to an activating group) is 1. The molecule has 0 aliphatic carbocycles. The average Bonchev–Trinajstić information content (AvgIpc) is 2.90. The van der Waals surface area contributed by atoms with Crippen molar-refractivity contribution in [3.63, 3.8) is 0 Å². The zero-order valence-electron chi connectivity index (χ0n) is 13.1. The molecule has 0 radical (unpaired) electrons. The summed E-state index contributed by atoms with van der Waals surface area (Å²) in [5.41, 5.74) is 0.458. The summed E-state index contributed by atoms with van der Waals surface area (Å²) in [6.45, 7) is 3.04. The third-order valence-electron chi connectivity index (χ3n) is 3.58. The molecular formula is C12H22ClN3O5S3. The Balaban J connectivity index is 0.00000288. The smallest absolute Gasteiger partial charge is 0.252 e. The van der Waals surface area contributed by atoms with E-state index in [0.29, 0.717) is 36.3 Å². The number of fused-ring (bicyclic) bond motifs is 1. The van der Waals surface area contributed by atoms with Gasteiger partial charge in [0.2, 0.25) is 10.0 Å². The number of aliphatic hydroxyl groups is 1. The molecule has 1 unspecified atom stereocenters. The van der Waals surface area contributed by atoms with Gasteiger partial charge in [0.05, 0.1) is 0 Å². The maximum absolute atomic E-state index is 12.7. The summed E-state index contributed by atoms with van der Waals surface area (Å²) in [4.78, 5) is 0. The number of rotatable bonds is 7. The second-order valence-corrected chi connectivity index (χ2v) is 10.2. The fourth-order valence-corrected chi connectivity index (χ4v) is 6.81. The van der Waals surface area contributed by atoms with Crippen LogP contribution in [0.5, 0.6) is 0 Å². The molecule has 12 heteroatoms. The van der Waals surface area contributed by atoms with Crippen LogP contribution in [0.2, 0.25) is 0 Å². The van der Waals surface area contributed by atoms with Gasteiger partial charge in [-0.2, -0.15) is 4.31 Å². The molecule has 1 aromatic rings. The lowest BCUT2D eigenvalue weighted by Gasteiger charge is -2.32. The van der Waals surface area contributed by atoms with E-state index in [0.717, 1.165) is 0 Å². The molecule has 0 fully saturated rings. The van der Waals surface area contributed by atoms with E-state index in [1.165, 1.54) is 10.4 Å². The van der Waals surface area contributed by atoms with Gasteiger partial charge in [-0.3, -0.25) is 0 Å². The number of unbranched alkanes of at least 4 members (excludes halogenated alkanes) is 1. The number of nitrogens with zero attached hydrogens (tertiary/aromatic N) is 1. The summed E-state index contributed by atoms with van der Waals surface area (Å²) in [6.07, 6.45) is 1.05. The fourth-order valence-electron chi connectivity index (χ4n) is 2.50. The minimum absolute atomic E-state index is 0. The number of hydrogen-bond donors (Lipinski definition) is 3. The van der Waals surface area contributed by atoms with E-state index in [9.17, 15) is 16.8 Å². The topological polar surface area (TPSA) is 130 Å². The molecule has 2 rings (SSSR count). The summed E-state index contributed by atoms with van der Waals surface area (Å²) in [7, 11) is -7.69. The highest BCUT2D eigenvalue weighted by atomic mass is 35.5. The van der Waals surface area contributed by atoms with Crippen molar-refractivity contribution in [1.29, 1.82) is 0 Å². The van der Waals surface area contributed by atoms with Crippen molar-refractivity contribution in [2.75, 3.05) is 26.2 Å². The number of nitrogens with one attached hydrogen (secondary N) is 1. The molecule has 4 N–H and O–H groups in total. The second kappa shape index (κ2) is 8.41. The van der Waals surface area contributed by atoms with Crippen LogP contribution in [-0.2, 0) is 20.0 Å². The van der Waals surface area contributed by atoms with E-state index in [4.69, 9.17) is 10.2 Å². The lowest BCUT2D eigenvalue weighted by Crippen LogP contribution is -2.43. The Labute approximate surface area is 152 Å². The van der Waals surface area contributed by atoms with Gasteiger partial charge in [0.1, 0.15) is 8.42 Å². The Bertz CT molecular complexity index is 763. The molecule has 24 heavy (non-hydrogen) atoms. The molecule has 0 amide bonds. The number of hydrogen-bond acceptors (Lipinski definition) is 7. The maximum atomic E-state index is 12.7. The summed E-state index contributed by atoms with van der Waals surface area (Å²) in [5, 5.41) is 17.2. The van der Waals surface area contributed by atoms with Crippen LogP contribution < -0.4 is 10.5 Å². The zero-order chi connectivity index (χ0) is 17.3. The quantitative estimate of drug-likeness (QED) is 0.543. The first kappa shape index (κ1) is 21.8. The average molecular weight is 420 g/mol. The van der Waals surface area contributed by atoms with Crippen molar-refractivity contribution in [2.45, 2.75) is 34.2 Å². The summed E-state index contributed by atoms with van der Waals surface area (Å²) in [6, 6.07) is 1.07. The molecule has 140 valence electrons. The van der Waals surface area contributed by atoms with Crippen LogP contribution >= 0.6 is 23.7 Å². The van der Waals surface area contributed by atoms with E-state index >= 15 is 0 Å². The van der Waals surface area contributed by atoms with Gasteiger partial charge in [-0.15, -0.1) is 23.7 Å². The largest absolute Gasteiger partial charge is 0.396 e. The van der Waals surface area contributed by atoms with Crippen LogP contribution in [0.4, 0.5) is 0 Å². The van der Waals surface area contributed by atoms with Crippen molar-refractivity contribution in [2.24, 2.45) is 5.14 Å². The predicted molar refractivity (Wildman–Crippen MR) is 94.4 cm³/mol. The van der Waals surface area contributed by atoms with Crippen molar-refractivity contribution in [3.05, 3.63) is 11.6 Å². The van der Waals surface area contributed by atoms with Gasteiger partial charge in [-0.1, -0.05) is 6.92 Å². The summed E-state index contributed by atoms with van der Waals surface area (Å²) in [5.74, 6) is 0. The Hall–Kier alpha value is -0.270. The number of thiophene rings is 1. The molecule has 8 nitrogen and oxygen atoms in total. The normalized spacial score (nSPS) is 20.4. The van der Waals surface area contributed by atoms with Gasteiger partial charge in [0, 0.05) is 31.3 Å². The Morgan fingerprint density at radius 1 is 1.46 bits per heavy atom. The van der Waals surface area contributed by atoms with Crippen molar-refractivity contribution < 1.29 is 21.9 Å². The highest BCUT2D eigenvalue weighted by Crippen LogP contribution is 2.39. The summed E-state index contributed by atoms with van der Waals surface area (Å²) < 4.78 is 49.7. The third-order valence-corrected chi connectivity index (χ3v) is 8.55. The molecule has 1 atom stereocenters. The van der Waals surface area contributed by atoms with E-state index in [-0.39, 0.29) is 46.6 Å². The van der Waals surface area contributed by atoms with Gasteiger partial charge in [-0.05, 0) is 25.5 Å². The third kappa shape index (κ3) is 4.47. The number of sulfonamides is 2. The predicted octanol–water partition coefficient (Wildman–Crippen LogP) is 0.245. The molecule has 0 spiro atoms. The number of aliphatic hydroxyl groups excluding tert-OH is 1. The minimum atomic E-state index is -3.95. The van der Waals surface area contributed by atoms with Crippen molar-refractivity contribution in [3.8, 4) is 0 Å². The molecule has 0 saturated carbocycles. The van der Waals surface area contributed by atoms with Crippen LogP contribution in [-0.4, -0.2) is 52.5 Å². The van der Waals surface area contributed by atoms with E-state index < -0.39 is 20.0 Å². The van der Waals surface area contributed by atoms with E-state index in [2.05, 4.69) is 5.32 Å². The fraction of sp³-hybridized carbons (Fsp3) is 0.667. The molecule has 0 aromatic carbocycles. The first-order valence-corrected chi connectivity index (χ1v) is 11.0. The minimum Gasteiger partial charge on any atom is -0.396 e. The van der Waals surface area contributed by atoms with Gasteiger partial charge >= 0.3 is 0 Å². The van der Waals surface area contributed by atoms with Crippen LogP contribution in [0, 0.1) is 0 Å². The van der Waals surface area contributed by atoms with Crippen LogP contribution in [0.1, 0.15) is 31.4 Å². The maximum Gasteiger partial charge on any atom is 0.252 e. The monoisotopic (exact) mass is 419 g/mol. The van der Waals surface area contributed by atoms with Crippen molar-refractivity contribution in [1.82, 2.24) is 9.62 Å². The van der Waals surface area contributed by atoms with Crippen LogP contribution in [0.25, 0.3) is 0 Å². The molecule has 0 saturated heterocycles. The molecule has 1 aliphatic heterocycles. The van der Waals surface area contributed by atoms with Crippen LogP contribution in [0.3, 0.4) is 0 Å². The highest BCUT2D eigenvalue weighted by molar-refractivity contribution is 7.94. The lowest BCUT2D eigenvalue weighted by atomic mass is 10.1. The molecule has 1 aliphatic rings. The number of nitrogens with two attached hydrogens (primary N) is 1. The SMILES string of the molecule is CCNC1CN(CCCCO)S(=O)(=O)c2sc(S(N)(=O)=O)cc21.Cl. The summed E-state index contributed by atoms with van der Waals surface area (Å²) >= 11 is 0.690. The van der Waals surface area contributed by atoms with Gasteiger partial charge < -0.3 is 10.4 Å². The zero-order valence-corrected chi connectivity index (χ0v) is 16.4. The second-order valence-electron chi connectivity index (χ2n) is 5.26. The molecule has 2 heterocycles. The van der Waals surface area contributed by atoms with Crippen LogP contribution in [0.15, 0.2) is 14.5 Å². The lowest BCUT2D eigenvalue weighted by molar-refractivity contribution is 0.271. The standard InChI is InChI=1S/C12H21N3O5S3.ClH/c1-2-14-10-8-15(5-3-4-6-16)23(19,20)12-9(10)7-11(21-12)22(13,17)18;/h7,10,14,16H,2-6,8H2,1H3,(H2,13,17,18);1H. The van der Waals surface area contributed by atoms with E-state index in [1.807, 2.05) is 6.92 Å². The number of halogens is 1. The van der Waals surface area contributed by atoms with E-state index in [1.54, 1.807) is 0 Å².